The van der Waals surface area contributed by atoms with Crippen LogP contribution in [0.15, 0.2) is 36.9 Å². The fraction of sp³-hybridized carbons (Fsp3) is 0.421. The summed E-state index contributed by atoms with van der Waals surface area (Å²) in [4.78, 5) is 19.1. The van der Waals surface area contributed by atoms with E-state index in [4.69, 9.17) is 4.74 Å². The number of hydrogen-bond donors (Lipinski definition) is 0. The lowest BCUT2D eigenvalue weighted by atomic mass is 10.0. The molecule has 1 fully saturated rings. The molecule has 1 aliphatic heterocycles. The Bertz CT molecular complexity index is 751. The van der Waals surface area contributed by atoms with E-state index in [1.54, 1.807) is 6.08 Å². The Morgan fingerprint density at radius 3 is 2.76 bits per heavy atom. The van der Waals surface area contributed by atoms with Crippen molar-refractivity contribution in [3.63, 3.8) is 0 Å². The Hall–Kier alpha value is -2.63. The molecule has 1 atom stereocenters. The van der Waals surface area contributed by atoms with E-state index in [0.29, 0.717) is 18.7 Å². The molecule has 0 spiro atoms. The molecule has 0 radical (unpaired) electrons. The van der Waals surface area contributed by atoms with Gasteiger partial charge in [0.15, 0.2) is 0 Å². The molecule has 3 rings (SSSR count). The summed E-state index contributed by atoms with van der Waals surface area (Å²) in [7, 11) is 0. The molecular formula is C19H24N4O2. The number of rotatable bonds is 5. The molecule has 0 aliphatic carbocycles. The normalized spacial score (nSPS) is 17.4. The van der Waals surface area contributed by atoms with Crippen LogP contribution in [0.4, 0.5) is 0 Å². The molecule has 1 aromatic heterocycles. The number of ether oxygens (including phenoxy) is 1. The molecule has 1 aliphatic rings. The van der Waals surface area contributed by atoms with Crippen molar-refractivity contribution in [1.82, 2.24) is 19.7 Å². The first kappa shape index (κ1) is 17.2. The lowest BCUT2D eigenvalue weighted by Crippen LogP contribution is -2.41. The minimum atomic E-state index is 0.0504. The van der Waals surface area contributed by atoms with Gasteiger partial charge in [-0.3, -0.25) is 4.79 Å². The topological polar surface area (TPSA) is 60.2 Å². The van der Waals surface area contributed by atoms with Crippen molar-refractivity contribution >= 4 is 5.91 Å². The molecule has 2 aromatic rings. The summed E-state index contributed by atoms with van der Waals surface area (Å²) in [6.07, 6.45) is 3.68. The van der Waals surface area contributed by atoms with Gasteiger partial charge in [-0.25, -0.2) is 9.67 Å². The van der Waals surface area contributed by atoms with Gasteiger partial charge >= 0.3 is 0 Å². The highest BCUT2D eigenvalue weighted by Crippen LogP contribution is 2.24. The van der Waals surface area contributed by atoms with E-state index in [1.165, 1.54) is 0 Å². The van der Waals surface area contributed by atoms with Crippen molar-refractivity contribution < 1.29 is 9.53 Å². The molecule has 1 unspecified atom stereocenters. The van der Waals surface area contributed by atoms with Gasteiger partial charge < -0.3 is 9.64 Å². The van der Waals surface area contributed by atoms with Crippen LogP contribution in [0.3, 0.4) is 0 Å². The van der Waals surface area contributed by atoms with Crippen LogP contribution in [0.2, 0.25) is 0 Å². The van der Waals surface area contributed by atoms with Gasteiger partial charge in [0.1, 0.15) is 24.0 Å². The lowest BCUT2D eigenvalue weighted by molar-refractivity contribution is 0.0671. The van der Waals surface area contributed by atoms with Crippen molar-refractivity contribution in [1.29, 1.82) is 0 Å². The average Bonchev–Trinajstić information content (AvgIpc) is 2.98. The van der Waals surface area contributed by atoms with Crippen molar-refractivity contribution in [3.8, 4) is 5.75 Å². The molecule has 1 aromatic carbocycles. The zero-order valence-corrected chi connectivity index (χ0v) is 14.8. The zero-order valence-electron chi connectivity index (χ0n) is 14.8. The third kappa shape index (κ3) is 3.90. The summed E-state index contributed by atoms with van der Waals surface area (Å²) in [6, 6.07) is 7.46. The Morgan fingerprint density at radius 1 is 1.36 bits per heavy atom. The lowest BCUT2D eigenvalue weighted by Gasteiger charge is -2.33. The molecule has 0 N–H and O–H groups in total. The van der Waals surface area contributed by atoms with Crippen molar-refractivity contribution in [2.75, 3.05) is 19.7 Å². The number of likely N-dealkylation sites (tertiary alicyclic amines) is 1. The highest BCUT2D eigenvalue weighted by atomic mass is 16.5. The highest BCUT2D eigenvalue weighted by molar-refractivity contribution is 5.94. The summed E-state index contributed by atoms with van der Waals surface area (Å²) in [6.45, 7) is 9.37. The van der Waals surface area contributed by atoms with E-state index in [1.807, 2.05) is 47.7 Å². The van der Waals surface area contributed by atoms with Crippen LogP contribution in [0.1, 0.15) is 40.9 Å². The number of carbonyl (C=O) groups is 1. The van der Waals surface area contributed by atoms with Crippen LogP contribution in [0.25, 0.3) is 0 Å². The predicted octanol–water partition coefficient (Wildman–Crippen LogP) is 2.94. The second-order valence-electron chi connectivity index (χ2n) is 6.32. The molecule has 1 amide bonds. The van der Waals surface area contributed by atoms with Gasteiger partial charge in [-0.05, 0) is 51.0 Å². The first-order valence-corrected chi connectivity index (χ1v) is 8.61. The molecule has 0 saturated carbocycles. The first-order chi connectivity index (χ1) is 12.1. The van der Waals surface area contributed by atoms with E-state index in [-0.39, 0.29) is 11.9 Å². The first-order valence-electron chi connectivity index (χ1n) is 8.61. The van der Waals surface area contributed by atoms with Crippen LogP contribution < -0.4 is 4.74 Å². The second kappa shape index (κ2) is 7.51. The van der Waals surface area contributed by atoms with Crippen LogP contribution in [0, 0.1) is 13.8 Å². The summed E-state index contributed by atoms with van der Waals surface area (Å²) in [5.41, 5.74) is 0.679. The van der Waals surface area contributed by atoms with E-state index in [2.05, 4.69) is 16.7 Å². The molecule has 0 bridgehead atoms. The number of hydrogen-bond acceptors (Lipinski definition) is 4. The number of amides is 1. The molecular weight excluding hydrogens is 316 g/mol. The third-order valence-corrected chi connectivity index (χ3v) is 4.41. The van der Waals surface area contributed by atoms with Gasteiger partial charge in [0.05, 0.1) is 6.04 Å². The molecule has 6 heteroatoms. The standard InChI is InChI=1S/C19H24N4O2/c1-4-12-25-18-9-7-16(8-10-18)19(24)22-11-5-6-17(13-22)23-15(3)20-14(2)21-23/h4,7-10,17H,1,5-6,11-13H2,2-3H3. The van der Waals surface area contributed by atoms with Crippen LogP contribution >= 0.6 is 0 Å². The van der Waals surface area contributed by atoms with Gasteiger partial charge in [0, 0.05) is 18.7 Å². The fourth-order valence-corrected chi connectivity index (χ4v) is 3.25. The zero-order chi connectivity index (χ0) is 17.8. The summed E-state index contributed by atoms with van der Waals surface area (Å²) in [5, 5.41) is 4.48. The Labute approximate surface area is 148 Å². The van der Waals surface area contributed by atoms with Gasteiger partial charge in [0.2, 0.25) is 0 Å². The minimum Gasteiger partial charge on any atom is -0.490 e. The van der Waals surface area contributed by atoms with E-state index < -0.39 is 0 Å². The SMILES string of the molecule is C=CCOc1ccc(C(=O)N2CCCC(n3nc(C)nc3C)C2)cc1. The maximum absolute atomic E-state index is 12.8. The summed E-state index contributed by atoms with van der Waals surface area (Å²) >= 11 is 0. The maximum Gasteiger partial charge on any atom is 0.253 e. The van der Waals surface area contributed by atoms with Gasteiger partial charge in [-0.1, -0.05) is 12.7 Å². The predicted molar refractivity (Wildman–Crippen MR) is 95.8 cm³/mol. The number of carbonyl (C=O) groups excluding carboxylic acids is 1. The fourth-order valence-electron chi connectivity index (χ4n) is 3.25. The van der Waals surface area contributed by atoms with Crippen molar-refractivity contribution in [2.24, 2.45) is 0 Å². The summed E-state index contributed by atoms with van der Waals surface area (Å²) in [5.74, 6) is 2.47. The largest absolute Gasteiger partial charge is 0.490 e. The monoisotopic (exact) mass is 340 g/mol. The highest BCUT2D eigenvalue weighted by Gasteiger charge is 2.27. The number of piperidine rings is 1. The second-order valence-corrected chi connectivity index (χ2v) is 6.32. The Kier molecular flexibility index (Phi) is 5.16. The number of aromatic nitrogens is 3. The average molecular weight is 340 g/mol. The third-order valence-electron chi connectivity index (χ3n) is 4.41. The Morgan fingerprint density at radius 2 is 2.12 bits per heavy atom. The van der Waals surface area contributed by atoms with Crippen LogP contribution in [-0.4, -0.2) is 45.3 Å². The molecule has 1 saturated heterocycles. The number of aryl methyl sites for hydroxylation is 2. The van der Waals surface area contributed by atoms with Gasteiger partial charge in [-0.2, -0.15) is 5.10 Å². The van der Waals surface area contributed by atoms with Crippen molar-refractivity contribution in [3.05, 3.63) is 54.1 Å². The van der Waals surface area contributed by atoms with Crippen LogP contribution in [0.5, 0.6) is 5.75 Å². The minimum absolute atomic E-state index is 0.0504. The maximum atomic E-state index is 12.8. The molecule has 6 nitrogen and oxygen atoms in total. The molecule has 132 valence electrons. The quantitative estimate of drug-likeness (QED) is 0.785. The molecule has 2 heterocycles. The van der Waals surface area contributed by atoms with Gasteiger partial charge in [0.25, 0.3) is 5.91 Å². The number of benzene rings is 1. The number of nitrogens with zero attached hydrogens (tertiary/aromatic N) is 4. The smallest absolute Gasteiger partial charge is 0.253 e. The van der Waals surface area contributed by atoms with Gasteiger partial charge in [-0.15, -0.1) is 0 Å². The van der Waals surface area contributed by atoms with Crippen molar-refractivity contribution in [2.45, 2.75) is 32.7 Å². The van der Waals surface area contributed by atoms with E-state index in [9.17, 15) is 4.79 Å². The van der Waals surface area contributed by atoms with E-state index in [0.717, 1.165) is 36.8 Å². The van der Waals surface area contributed by atoms with Crippen LogP contribution in [-0.2, 0) is 0 Å². The molecule has 25 heavy (non-hydrogen) atoms. The summed E-state index contributed by atoms with van der Waals surface area (Å²) < 4.78 is 7.42. The van der Waals surface area contributed by atoms with E-state index >= 15 is 0 Å². The Balaban J connectivity index is 1.69.